The Morgan fingerprint density at radius 3 is 3.00 bits per heavy atom. The topological polar surface area (TPSA) is 32.7 Å². The molecule has 1 aromatic rings. The molecular weight excluding hydrogens is 244 g/mol. The Bertz CT molecular complexity index is 459. The highest BCUT2D eigenvalue weighted by atomic mass is 32.1. The van der Waals surface area contributed by atoms with Gasteiger partial charge in [-0.05, 0) is 31.9 Å². The van der Waals surface area contributed by atoms with Crippen LogP contribution in [0.25, 0.3) is 0 Å². The summed E-state index contributed by atoms with van der Waals surface area (Å²) >= 11 is 4.47. The van der Waals surface area contributed by atoms with E-state index in [0.717, 1.165) is 31.6 Å². The Hall–Kier alpha value is -1.29. The zero-order valence-electron chi connectivity index (χ0n) is 10.5. The molecule has 1 unspecified atom stereocenters. The predicted octanol–water partition coefficient (Wildman–Crippen LogP) is 2.94. The molecule has 1 saturated heterocycles. The fourth-order valence-electron chi connectivity index (χ4n) is 2.22. The van der Waals surface area contributed by atoms with Gasteiger partial charge in [0.2, 0.25) is 0 Å². The molecule has 0 radical (unpaired) electrons. The van der Waals surface area contributed by atoms with Gasteiger partial charge >= 0.3 is 0 Å². The molecule has 0 bridgehead atoms. The fraction of sp³-hybridized carbons (Fsp3) is 0.429. The van der Waals surface area contributed by atoms with Gasteiger partial charge in [-0.15, -0.1) is 0 Å². The van der Waals surface area contributed by atoms with E-state index in [-0.39, 0.29) is 5.91 Å². The molecule has 0 spiro atoms. The quantitative estimate of drug-likeness (QED) is 0.645. The first-order chi connectivity index (χ1) is 8.72. The van der Waals surface area contributed by atoms with Gasteiger partial charge in [0.05, 0.1) is 11.3 Å². The van der Waals surface area contributed by atoms with E-state index in [4.69, 9.17) is 0 Å². The van der Waals surface area contributed by atoms with E-state index >= 15 is 0 Å². The van der Waals surface area contributed by atoms with E-state index in [1.54, 1.807) is 6.21 Å². The van der Waals surface area contributed by atoms with Gasteiger partial charge in [0, 0.05) is 24.6 Å². The highest BCUT2D eigenvalue weighted by molar-refractivity contribution is 7.81. The monoisotopic (exact) mass is 262 g/mol. The molecule has 4 heteroatoms. The third-order valence-electron chi connectivity index (χ3n) is 3.09. The van der Waals surface area contributed by atoms with E-state index in [1.807, 2.05) is 36.1 Å². The average molecular weight is 262 g/mol. The van der Waals surface area contributed by atoms with Gasteiger partial charge in [0.1, 0.15) is 0 Å². The minimum atomic E-state index is 0.0648. The van der Waals surface area contributed by atoms with Crippen molar-refractivity contribution in [2.75, 3.05) is 13.1 Å². The minimum Gasteiger partial charge on any atom is -0.337 e. The molecule has 96 valence electrons. The maximum Gasteiger partial charge on any atom is 0.256 e. The molecular formula is C14H18N2OS. The first-order valence-electron chi connectivity index (χ1n) is 6.27. The van der Waals surface area contributed by atoms with Crippen LogP contribution in [0, 0.1) is 0 Å². The van der Waals surface area contributed by atoms with Crippen molar-refractivity contribution < 1.29 is 4.79 Å². The van der Waals surface area contributed by atoms with Crippen LogP contribution in [0.4, 0.5) is 5.69 Å². The molecule has 1 aliphatic rings. The lowest BCUT2D eigenvalue weighted by atomic mass is 10.1. The second kappa shape index (κ2) is 6.05. The summed E-state index contributed by atoms with van der Waals surface area (Å²) in [6, 6.07) is 7.49. The third kappa shape index (κ3) is 2.93. The largest absolute Gasteiger partial charge is 0.337 e. The van der Waals surface area contributed by atoms with Crippen LogP contribution < -0.4 is 0 Å². The molecule has 1 aromatic carbocycles. The molecule has 3 nitrogen and oxygen atoms in total. The maximum atomic E-state index is 12.5. The van der Waals surface area contributed by atoms with Gasteiger partial charge in [-0.25, -0.2) is 0 Å². The number of para-hydroxylation sites is 1. The van der Waals surface area contributed by atoms with Crippen molar-refractivity contribution in [1.29, 1.82) is 0 Å². The van der Waals surface area contributed by atoms with Crippen LogP contribution in [-0.4, -0.2) is 35.4 Å². The Balaban J connectivity index is 2.22. The Morgan fingerprint density at radius 2 is 2.28 bits per heavy atom. The van der Waals surface area contributed by atoms with Gasteiger partial charge in [-0.3, -0.25) is 9.79 Å². The van der Waals surface area contributed by atoms with E-state index in [2.05, 4.69) is 17.6 Å². The summed E-state index contributed by atoms with van der Waals surface area (Å²) in [7, 11) is 0. The zero-order valence-corrected chi connectivity index (χ0v) is 11.4. The number of nitrogens with zero attached hydrogens (tertiary/aromatic N) is 2. The molecule has 0 aromatic heterocycles. The van der Waals surface area contributed by atoms with Gasteiger partial charge in [-0.2, -0.15) is 12.6 Å². The van der Waals surface area contributed by atoms with Gasteiger partial charge in [-0.1, -0.05) is 12.1 Å². The van der Waals surface area contributed by atoms with Crippen LogP contribution in [0.3, 0.4) is 0 Å². The lowest BCUT2D eigenvalue weighted by molar-refractivity contribution is 0.0730. The highest BCUT2D eigenvalue weighted by Crippen LogP contribution is 2.23. The Morgan fingerprint density at radius 1 is 1.50 bits per heavy atom. The number of rotatable bonds is 2. The standard InChI is InChI=1S/C14H18N2OS/c1-2-15-13-8-4-3-7-12(13)14(17)16-9-5-6-11(18)10-16/h2-4,7-8,11,18H,5-6,9-10H2,1H3. The van der Waals surface area contributed by atoms with Crippen LogP contribution >= 0.6 is 12.6 Å². The number of benzene rings is 1. The molecule has 1 atom stereocenters. The summed E-state index contributed by atoms with van der Waals surface area (Å²) in [6.07, 6.45) is 3.82. The molecule has 1 fully saturated rings. The van der Waals surface area contributed by atoms with Gasteiger partial charge in [0.15, 0.2) is 0 Å². The minimum absolute atomic E-state index is 0.0648. The van der Waals surface area contributed by atoms with Crippen LogP contribution in [0.5, 0.6) is 0 Å². The van der Waals surface area contributed by atoms with Crippen molar-refractivity contribution in [3.63, 3.8) is 0 Å². The van der Waals surface area contributed by atoms with E-state index in [9.17, 15) is 4.79 Å². The summed E-state index contributed by atoms with van der Waals surface area (Å²) in [5, 5.41) is 0.296. The number of carbonyl (C=O) groups excluding carboxylic acids is 1. The van der Waals surface area contributed by atoms with E-state index < -0.39 is 0 Å². The molecule has 0 N–H and O–H groups in total. The molecule has 0 saturated carbocycles. The SMILES string of the molecule is CC=Nc1ccccc1C(=O)N1CCCC(S)C1. The molecule has 1 aliphatic heterocycles. The zero-order chi connectivity index (χ0) is 13.0. The van der Waals surface area contributed by atoms with Gasteiger partial charge in [0.25, 0.3) is 5.91 Å². The number of piperidine rings is 1. The molecule has 2 rings (SSSR count). The second-order valence-corrected chi connectivity index (χ2v) is 5.18. The second-order valence-electron chi connectivity index (χ2n) is 4.45. The van der Waals surface area contributed by atoms with Crippen molar-refractivity contribution in [3.8, 4) is 0 Å². The number of carbonyl (C=O) groups is 1. The summed E-state index contributed by atoms with van der Waals surface area (Å²) in [5.74, 6) is 0.0648. The lowest BCUT2D eigenvalue weighted by Gasteiger charge is -2.30. The summed E-state index contributed by atoms with van der Waals surface area (Å²) in [6.45, 7) is 3.40. The van der Waals surface area contributed by atoms with Crippen molar-refractivity contribution >= 4 is 30.4 Å². The average Bonchev–Trinajstić information content (AvgIpc) is 2.39. The number of aliphatic imine (C=N–C) groups is 1. The van der Waals surface area contributed by atoms with Crippen LogP contribution in [0.1, 0.15) is 30.1 Å². The van der Waals surface area contributed by atoms with E-state index in [0.29, 0.717) is 10.8 Å². The van der Waals surface area contributed by atoms with Crippen LogP contribution in [-0.2, 0) is 0 Å². The van der Waals surface area contributed by atoms with Crippen molar-refractivity contribution in [3.05, 3.63) is 29.8 Å². The number of likely N-dealkylation sites (tertiary alicyclic amines) is 1. The number of thiol groups is 1. The van der Waals surface area contributed by atoms with Crippen molar-refractivity contribution in [2.45, 2.75) is 25.0 Å². The highest BCUT2D eigenvalue weighted by Gasteiger charge is 2.23. The third-order valence-corrected chi connectivity index (χ3v) is 3.51. The first-order valence-corrected chi connectivity index (χ1v) is 6.79. The number of amides is 1. The molecule has 1 amide bonds. The van der Waals surface area contributed by atoms with Crippen LogP contribution in [0.15, 0.2) is 29.3 Å². The summed E-state index contributed by atoms with van der Waals surface area (Å²) in [4.78, 5) is 18.6. The number of hydrogen-bond acceptors (Lipinski definition) is 3. The van der Waals surface area contributed by atoms with Crippen molar-refractivity contribution in [1.82, 2.24) is 4.90 Å². The molecule has 0 aliphatic carbocycles. The van der Waals surface area contributed by atoms with E-state index in [1.165, 1.54) is 0 Å². The maximum absolute atomic E-state index is 12.5. The molecule has 18 heavy (non-hydrogen) atoms. The molecule has 1 heterocycles. The van der Waals surface area contributed by atoms with Crippen molar-refractivity contribution in [2.24, 2.45) is 4.99 Å². The Labute approximate surface area is 113 Å². The van der Waals surface area contributed by atoms with Crippen LogP contribution in [0.2, 0.25) is 0 Å². The first kappa shape index (κ1) is 13.1. The predicted molar refractivity (Wildman–Crippen MR) is 78.2 cm³/mol. The summed E-state index contributed by atoms with van der Waals surface area (Å²) < 4.78 is 0. The van der Waals surface area contributed by atoms with Gasteiger partial charge < -0.3 is 4.90 Å². The fourth-order valence-corrected chi connectivity index (χ4v) is 2.60. The lowest BCUT2D eigenvalue weighted by Crippen LogP contribution is -2.40. The number of hydrogen-bond donors (Lipinski definition) is 1. The normalized spacial score (nSPS) is 20.3. The Kier molecular flexibility index (Phi) is 4.42. The summed E-state index contributed by atoms with van der Waals surface area (Å²) in [5.41, 5.74) is 1.42. The smallest absolute Gasteiger partial charge is 0.256 e.